The lowest BCUT2D eigenvalue weighted by atomic mass is 9.90. The van der Waals surface area contributed by atoms with E-state index >= 15 is 0 Å². The van der Waals surface area contributed by atoms with Gasteiger partial charge in [-0.1, -0.05) is 0 Å². The molecule has 1 heterocycles. The van der Waals surface area contributed by atoms with Gasteiger partial charge in [-0.05, 0) is 51.7 Å². The molecule has 0 amide bonds. The Hall–Kier alpha value is -1.27. The summed E-state index contributed by atoms with van der Waals surface area (Å²) < 4.78 is 2.19. The minimum Gasteiger partial charge on any atom is -0.354 e. The van der Waals surface area contributed by atoms with Crippen molar-refractivity contribution in [3.8, 4) is 6.07 Å². The van der Waals surface area contributed by atoms with Crippen LogP contribution in [0.4, 0.5) is 0 Å². The van der Waals surface area contributed by atoms with Crippen molar-refractivity contribution >= 4 is 0 Å². The molecular weight excluding hydrogens is 210 g/mol. The van der Waals surface area contributed by atoms with Crippen molar-refractivity contribution < 1.29 is 0 Å². The summed E-state index contributed by atoms with van der Waals surface area (Å²) in [4.78, 5) is 0. The Morgan fingerprint density at radius 2 is 2.24 bits per heavy atom. The summed E-state index contributed by atoms with van der Waals surface area (Å²) in [5.74, 6) is 0. The first-order valence-electron chi connectivity index (χ1n) is 6.24. The zero-order chi connectivity index (χ0) is 12.9. The first kappa shape index (κ1) is 13.8. The molecule has 2 N–H and O–H groups in total. The maximum Gasteiger partial charge on any atom is 0.0683 e. The van der Waals surface area contributed by atoms with E-state index in [4.69, 9.17) is 11.0 Å². The number of rotatable bonds is 6. The van der Waals surface area contributed by atoms with Gasteiger partial charge in [0.25, 0.3) is 0 Å². The third-order valence-corrected chi connectivity index (χ3v) is 2.89. The molecule has 1 rings (SSSR count). The standard InChI is InChI=1S/C14H23N3/c1-12(16)9-13-5-8-17(10-13)7-4-6-14(2,3)11-15/h5,8,10,12H,4,6-7,9,16H2,1-3H3. The van der Waals surface area contributed by atoms with Gasteiger partial charge < -0.3 is 10.3 Å². The van der Waals surface area contributed by atoms with Crippen molar-refractivity contribution in [2.24, 2.45) is 11.1 Å². The molecule has 0 aliphatic heterocycles. The second-order valence-corrected chi connectivity index (χ2v) is 5.54. The molecule has 1 unspecified atom stereocenters. The highest BCUT2D eigenvalue weighted by Gasteiger charge is 2.15. The smallest absolute Gasteiger partial charge is 0.0683 e. The van der Waals surface area contributed by atoms with Crippen molar-refractivity contribution in [1.82, 2.24) is 4.57 Å². The summed E-state index contributed by atoms with van der Waals surface area (Å²) in [5.41, 5.74) is 6.85. The Kier molecular flexibility index (Phi) is 4.77. The fourth-order valence-electron chi connectivity index (χ4n) is 1.88. The highest BCUT2D eigenvalue weighted by atomic mass is 14.9. The van der Waals surface area contributed by atoms with Crippen LogP contribution in [0.3, 0.4) is 0 Å². The number of nitrogens with two attached hydrogens (primary N) is 1. The zero-order valence-electron chi connectivity index (χ0n) is 11.1. The third kappa shape index (κ3) is 5.06. The first-order chi connectivity index (χ1) is 7.93. The maximum atomic E-state index is 8.92. The summed E-state index contributed by atoms with van der Waals surface area (Å²) in [6.45, 7) is 6.98. The number of hydrogen-bond donors (Lipinski definition) is 1. The molecule has 0 saturated heterocycles. The Morgan fingerprint density at radius 1 is 1.53 bits per heavy atom. The van der Waals surface area contributed by atoms with Crippen LogP contribution < -0.4 is 5.73 Å². The van der Waals surface area contributed by atoms with Gasteiger partial charge >= 0.3 is 0 Å². The Balaban J connectivity index is 2.38. The van der Waals surface area contributed by atoms with Gasteiger partial charge in [0, 0.05) is 25.0 Å². The first-order valence-corrected chi connectivity index (χ1v) is 6.24. The number of nitrogens with zero attached hydrogens (tertiary/aromatic N) is 2. The topological polar surface area (TPSA) is 54.7 Å². The van der Waals surface area contributed by atoms with E-state index in [0.29, 0.717) is 0 Å². The fraction of sp³-hybridized carbons (Fsp3) is 0.643. The summed E-state index contributed by atoms with van der Waals surface area (Å²) in [6, 6.07) is 4.67. The molecule has 94 valence electrons. The molecule has 0 aromatic carbocycles. The predicted octanol–water partition coefficient (Wildman–Crippen LogP) is 2.71. The summed E-state index contributed by atoms with van der Waals surface area (Å²) in [5, 5.41) is 8.92. The lowest BCUT2D eigenvalue weighted by Gasteiger charge is -2.14. The van der Waals surface area contributed by atoms with Gasteiger partial charge in [0.2, 0.25) is 0 Å². The van der Waals surface area contributed by atoms with Crippen molar-refractivity contribution in [1.29, 1.82) is 5.26 Å². The zero-order valence-corrected chi connectivity index (χ0v) is 11.1. The van der Waals surface area contributed by atoms with Crippen LogP contribution in [0.25, 0.3) is 0 Å². The van der Waals surface area contributed by atoms with Crippen molar-refractivity contribution in [3.63, 3.8) is 0 Å². The van der Waals surface area contributed by atoms with Crippen LogP contribution in [0.15, 0.2) is 18.5 Å². The van der Waals surface area contributed by atoms with Crippen LogP contribution >= 0.6 is 0 Å². The van der Waals surface area contributed by atoms with Crippen molar-refractivity contribution in [3.05, 3.63) is 24.0 Å². The molecule has 3 nitrogen and oxygen atoms in total. The quantitative estimate of drug-likeness (QED) is 0.821. The summed E-state index contributed by atoms with van der Waals surface area (Å²) >= 11 is 0. The van der Waals surface area contributed by atoms with E-state index in [1.165, 1.54) is 5.56 Å². The van der Waals surface area contributed by atoms with Crippen LogP contribution in [-0.2, 0) is 13.0 Å². The van der Waals surface area contributed by atoms with Gasteiger partial charge in [-0.3, -0.25) is 0 Å². The van der Waals surface area contributed by atoms with E-state index in [9.17, 15) is 0 Å². The van der Waals surface area contributed by atoms with Crippen LogP contribution in [0.2, 0.25) is 0 Å². The highest BCUT2D eigenvalue weighted by Crippen LogP contribution is 2.21. The molecule has 1 aromatic rings. The Morgan fingerprint density at radius 3 is 2.82 bits per heavy atom. The number of hydrogen-bond acceptors (Lipinski definition) is 2. The lowest BCUT2D eigenvalue weighted by molar-refractivity contribution is 0.416. The van der Waals surface area contributed by atoms with Crippen LogP contribution in [0.1, 0.15) is 39.2 Å². The fourth-order valence-corrected chi connectivity index (χ4v) is 1.88. The summed E-state index contributed by atoms with van der Waals surface area (Å²) in [6.07, 6.45) is 7.15. The summed E-state index contributed by atoms with van der Waals surface area (Å²) in [7, 11) is 0. The molecule has 0 aliphatic carbocycles. The van der Waals surface area contributed by atoms with E-state index in [1.807, 2.05) is 20.8 Å². The van der Waals surface area contributed by atoms with Crippen LogP contribution in [-0.4, -0.2) is 10.6 Å². The number of nitriles is 1. The van der Waals surface area contributed by atoms with E-state index in [1.54, 1.807) is 0 Å². The molecule has 0 fully saturated rings. The van der Waals surface area contributed by atoms with Gasteiger partial charge in [0.05, 0.1) is 11.5 Å². The van der Waals surface area contributed by atoms with Gasteiger partial charge in [-0.15, -0.1) is 0 Å². The lowest BCUT2D eigenvalue weighted by Crippen LogP contribution is -2.17. The van der Waals surface area contributed by atoms with E-state index in [2.05, 4.69) is 29.1 Å². The van der Waals surface area contributed by atoms with E-state index in [0.717, 1.165) is 25.8 Å². The SMILES string of the molecule is CC(N)Cc1ccn(CCCC(C)(C)C#N)c1. The second-order valence-electron chi connectivity index (χ2n) is 5.54. The van der Waals surface area contributed by atoms with Gasteiger partial charge in [0.1, 0.15) is 0 Å². The third-order valence-electron chi connectivity index (χ3n) is 2.89. The molecule has 0 bridgehead atoms. The van der Waals surface area contributed by atoms with Crippen LogP contribution in [0.5, 0.6) is 0 Å². The normalized spacial score (nSPS) is 13.4. The highest BCUT2D eigenvalue weighted by molar-refractivity contribution is 5.11. The molecule has 0 aliphatic rings. The second kappa shape index (κ2) is 5.88. The Labute approximate surface area is 104 Å². The van der Waals surface area contributed by atoms with Crippen LogP contribution in [0, 0.1) is 16.7 Å². The molecule has 3 heteroatoms. The average Bonchev–Trinajstić information content (AvgIpc) is 2.64. The van der Waals surface area contributed by atoms with Gasteiger partial charge in [0.15, 0.2) is 0 Å². The number of aryl methyl sites for hydroxylation is 1. The van der Waals surface area contributed by atoms with E-state index in [-0.39, 0.29) is 11.5 Å². The number of aromatic nitrogens is 1. The molecule has 0 saturated carbocycles. The largest absolute Gasteiger partial charge is 0.354 e. The minimum absolute atomic E-state index is 0.207. The molecule has 1 aromatic heterocycles. The van der Waals surface area contributed by atoms with E-state index < -0.39 is 0 Å². The Bertz CT molecular complexity index is 382. The molecule has 0 radical (unpaired) electrons. The van der Waals surface area contributed by atoms with Gasteiger partial charge in [-0.25, -0.2) is 0 Å². The molecule has 17 heavy (non-hydrogen) atoms. The molecule has 0 spiro atoms. The monoisotopic (exact) mass is 233 g/mol. The van der Waals surface area contributed by atoms with Crippen molar-refractivity contribution in [2.45, 2.75) is 52.6 Å². The average molecular weight is 233 g/mol. The molecule has 1 atom stereocenters. The maximum absolute atomic E-state index is 8.92. The predicted molar refractivity (Wildman–Crippen MR) is 70.4 cm³/mol. The van der Waals surface area contributed by atoms with Gasteiger partial charge in [-0.2, -0.15) is 5.26 Å². The minimum atomic E-state index is -0.207. The van der Waals surface area contributed by atoms with Crippen molar-refractivity contribution in [2.75, 3.05) is 0 Å². The molecular formula is C14H23N3.